The molecule has 0 saturated carbocycles. The minimum Gasteiger partial charge on any atom is -0.496 e. The van der Waals surface area contributed by atoms with Gasteiger partial charge in [-0.15, -0.1) is 0 Å². The van der Waals surface area contributed by atoms with E-state index in [2.05, 4.69) is 36.4 Å². The number of carbonyl (C=O) groups is 1. The number of amides is 1. The number of ether oxygens (including phenoxy) is 2. The van der Waals surface area contributed by atoms with Crippen LogP contribution in [0.15, 0.2) is 54.9 Å². The van der Waals surface area contributed by atoms with E-state index in [0.29, 0.717) is 18.7 Å². The predicted molar refractivity (Wildman–Crippen MR) is 123 cm³/mol. The second-order valence-corrected chi connectivity index (χ2v) is 9.64. The van der Waals surface area contributed by atoms with Crippen molar-refractivity contribution in [2.24, 2.45) is 0 Å². The fourth-order valence-electron chi connectivity index (χ4n) is 4.90. The zero-order valence-corrected chi connectivity index (χ0v) is 19.1. The molecule has 1 amide bonds. The summed E-state index contributed by atoms with van der Waals surface area (Å²) >= 11 is 0. The molecule has 3 aromatic rings. The van der Waals surface area contributed by atoms with Crippen LogP contribution in [0.5, 0.6) is 11.5 Å². The lowest BCUT2D eigenvalue weighted by molar-refractivity contribution is -0.00986. The van der Waals surface area contributed by atoms with Crippen molar-refractivity contribution in [2.45, 2.75) is 44.6 Å². The molecular weight excluding hydrogens is 402 g/mol. The van der Waals surface area contributed by atoms with Gasteiger partial charge in [0.1, 0.15) is 5.75 Å². The lowest BCUT2D eigenvalue weighted by Crippen LogP contribution is -2.50. The van der Waals surface area contributed by atoms with Crippen molar-refractivity contribution in [3.63, 3.8) is 0 Å². The molecule has 1 spiro atoms. The highest BCUT2D eigenvalue weighted by atomic mass is 16.5. The number of piperidine rings is 1. The van der Waals surface area contributed by atoms with Crippen LogP contribution in [0.2, 0.25) is 0 Å². The molecule has 0 radical (unpaired) electrons. The molecule has 0 unspecified atom stereocenters. The molecular formula is C26H29N3O3. The van der Waals surface area contributed by atoms with Gasteiger partial charge in [0.05, 0.1) is 12.8 Å². The molecule has 6 heteroatoms. The molecule has 0 bridgehead atoms. The molecule has 4 heterocycles. The van der Waals surface area contributed by atoms with E-state index in [4.69, 9.17) is 9.47 Å². The van der Waals surface area contributed by atoms with Crippen LogP contribution >= 0.6 is 0 Å². The maximum absolute atomic E-state index is 13.3. The van der Waals surface area contributed by atoms with Crippen LogP contribution in [0.4, 0.5) is 0 Å². The summed E-state index contributed by atoms with van der Waals surface area (Å²) in [6.07, 6.45) is 5.28. The zero-order chi connectivity index (χ0) is 22.5. The maximum atomic E-state index is 13.3. The fourth-order valence-corrected chi connectivity index (χ4v) is 4.90. The van der Waals surface area contributed by atoms with Crippen molar-refractivity contribution in [1.82, 2.24) is 14.5 Å². The number of likely N-dealkylation sites (tertiary alicyclic amines) is 1. The SMILES string of the molecule is COc1cc(C(=O)N2CCC3(CC2)Oc2cccnc2-n2cccc23)ccc1C(C)(C)C. The van der Waals surface area contributed by atoms with Crippen molar-refractivity contribution in [2.75, 3.05) is 20.2 Å². The minimum atomic E-state index is -0.440. The molecule has 1 saturated heterocycles. The van der Waals surface area contributed by atoms with E-state index in [1.165, 1.54) is 0 Å². The predicted octanol–water partition coefficient (Wildman–Crippen LogP) is 4.70. The summed E-state index contributed by atoms with van der Waals surface area (Å²) in [5.74, 6) is 2.40. The van der Waals surface area contributed by atoms with Crippen LogP contribution in [0.1, 0.15) is 55.2 Å². The summed E-state index contributed by atoms with van der Waals surface area (Å²) in [6, 6.07) is 13.8. The number of rotatable bonds is 2. The first-order valence-electron chi connectivity index (χ1n) is 11.1. The average Bonchev–Trinajstić information content (AvgIpc) is 3.30. The van der Waals surface area contributed by atoms with Gasteiger partial charge >= 0.3 is 0 Å². The second-order valence-electron chi connectivity index (χ2n) is 9.64. The molecule has 2 aliphatic rings. The number of fused-ring (bicyclic) bond motifs is 4. The van der Waals surface area contributed by atoms with E-state index >= 15 is 0 Å². The first-order valence-corrected chi connectivity index (χ1v) is 11.1. The van der Waals surface area contributed by atoms with Crippen molar-refractivity contribution >= 4 is 5.91 Å². The molecule has 1 fully saturated rings. The first kappa shape index (κ1) is 20.6. The standard InChI is InChI=1S/C26H29N3O3/c1-25(2,3)19-10-9-18(17-21(19)31-4)24(30)28-15-11-26(12-16-28)22-8-6-14-29(22)23-20(32-26)7-5-13-27-23/h5-10,13-14,17H,11-12,15-16H2,1-4H3. The summed E-state index contributed by atoms with van der Waals surface area (Å²) in [5.41, 5.74) is 2.37. The third-order valence-electron chi connectivity index (χ3n) is 6.61. The van der Waals surface area contributed by atoms with Crippen LogP contribution in [0.3, 0.4) is 0 Å². The Morgan fingerprint density at radius 2 is 1.91 bits per heavy atom. The normalized spacial score (nSPS) is 16.8. The monoisotopic (exact) mass is 431 g/mol. The Morgan fingerprint density at radius 3 is 2.62 bits per heavy atom. The summed E-state index contributed by atoms with van der Waals surface area (Å²) in [7, 11) is 1.66. The van der Waals surface area contributed by atoms with Crippen LogP contribution in [-0.4, -0.2) is 40.6 Å². The number of carbonyl (C=O) groups excluding carboxylic acids is 1. The van der Waals surface area contributed by atoms with Crippen LogP contribution in [0.25, 0.3) is 5.82 Å². The highest BCUT2D eigenvalue weighted by Gasteiger charge is 2.45. The van der Waals surface area contributed by atoms with Gasteiger partial charge in [0, 0.05) is 43.9 Å². The van der Waals surface area contributed by atoms with Crippen molar-refractivity contribution in [1.29, 1.82) is 0 Å². The van der Waals surface area contributed by atoms with Gasteiger partial charge in [-0.1, -0.05) is 26.8 Å². The molecule has 2 aliphatic heterocycles. The second kappa shape index (κ2) is 7.40. The third kappa shape index (κ3) is 3.25. The molecule has 5 rings (SSSR count). The van der Waals surface area contributed by atoms with E-state index in [1.54, 1.807) is 13.3 Å². The number of pyridine rings is 1. The summed E-state index contributed by atoms with van der Waals surface area (Å²) in [6.45, 7) is 7.68. The van der Waals surface area contributed by atoms with Gasteiger partial charge in [-0.25, -0.2) is 4.98 Å². The van der Waals surface area contributed by atoms with E-state index in [-0.39, 0.29) is 11.3 Å². The quantitative estimate of drug-likeness (QED) is 0.590. The van der Waals surface area contributed by atoms with Gasteiger partial charge in [-0.2, -0.15) is 0 Å². The number of hydrogen-bond donors (Lipinski definition) is 0. The molecule has 166 valence electrons. The number of aromatic nitrogens is 2. The van der Waals surface area contributed by atoms with Gasteiger partial charge < -0.3 is 14.4 Å². The Hall–Kier alpha value is -3.28. The van der Waals surface area contributed by atoms with E-state index in [0.717, 1.165) is 41.4 Å². The third-order valence-corrected chi connectivity index (χ3v) is 6.61. The van der Waals surface area contributed by atoms with Crippen LogP contribution in [-0.2, 0) is 11.0 Å². The van der Waals surface area contributed by atoms with E-state index in [1.807, 2.05) is 47.5 Å². The van der Waals surface area contributed by atoms with Crippen LogP contribution in [0, 0.1) is 0 Å². The smallest absolute Gasteiger partial charge is 0.253 e. The minimum absolute atomic E-state index is 0.0341. The maximum Gasteiger partial charge on any atom is 0.253 e. The topological polar surface area (TPSA) is 56.6 Å². The van der Waals surface area contributed by atoms with Crippen molar-refractivity contribution in [3.8, 4) is 17.3 Å². The number of methoxy groups -OCH3 is 1. The largest absolute Gasteiger partial charge is 0.496 e. The van der Waals surface area contributed by atoms with Crippen LogP contribution < -0.4 is 9.47 Å². The lowest BCUT2D eigenvalue weighted by atomic mass is 9.85. The fraction of sp³-hybridized carbons (Fsp3) is 0.385. The number of nitrogens with zero attached hydrogens (tertiary/aromatic N) is 3. The molecule has 1 aromatic carbocycles. The average molecular weight is 432 g/mol. The Morgan fingerprint density at radius 1 is 1.12 bits per heavy atom. The number of benzene rings is 1. The number of hydrogen-bond acceptors (Lipinski definition) is 4. The van der Waals surface area contributed by atoms with Crippen molar-refractivity contribution < 1.29 is 14.3 Å². The van der Waals surface area contributed by atoms with Gasteiger partial charge in [-0.05, 0) is 47.4 Å². The highest BCUT2D eigenvalue weighted by Crippen LogP contribution is 2.44. The molecule has 0 N–H and O–H groups in total. The van der Waals surface area contributed by atoms with E-state index < -0.39 is 5.60 Å². The lowest BCUT2D eigenvalue weighted by Gasteiger charge is -2.44. The molecule has 2 aromatic heterocycles. The van der Waals surface area contributed by atoms with Gasteiger partial charge in [0.25, 0.3) is 5.91 Å². The van der Waals surface area contributed by atoms with Crippen molar-refractivity contribution in [3.05, 3.63) is 71.7 Å². The summed E-state index contributed by atoms with van der Waals surface area (Å²) < 4.78 is 14.2. The summed E-state index contributed by atoms with van der Waals surface area (Å²) in [4.78, 5) is 19.7. The van der Waals surface area contributed by atoms with Gasteiger partial charge in [0.15, 0.2) is 17.2 Å². The molecule has 0 atom stereocenters. The molecule has 6 nitrogen and oxygen atoms in total. The summed E-state index contributed by atoms with van der Waals surface area (Å²) in [5, 5.41) is 0. The van der Waals surface area contributed by atoms with E-state index in [9.17, 15) is 4.79 Å². The van der Waals surface area contributed by atoms with Gasteiger partial charge in [-0.3, -0.25) is 9.36 Å². The first-order chi connectivity index (χ1) is 15.3. The Labute approximate surface area is 188 Å². The highest BCUT2D eigenvalue weighted by molar-refractivity contribution is 5.95. The Kier molecular flexibility index (Phi) is 4.77. The molecule has 32 heavy (non-hydrogen) atoms. The Bertz CT molecular complexity index is 1170. The Balaban J connectivity index is 1.37. The van der Waals surface area contributed by atoms with Gasteiger partial charge in [0.2, 0.25) is 0 Å². The zero-order valence-electron chi connectivity index (χ0n) is 19.1. The molecule has 0 aliphatic carbocycles.